The summed E-state index contributed by atoms with van der Waals surface area (Å²) in [5.41, 5.74) is 0.704. The molecule has 0 saturated carbocycles. The third-order valence-corrected chi connectivity index (χ3v) is 3.30. The Morgan fingerprint density at radius 2 is 2.11 bits per heavy atom. The van der Waals surface area contributed by atoms with Crippen molar-refractivity contribution in [3.63, 3.8) is 0 Å². The summed E-state index contributed by atoms with van der Waals surface area (Å²) in [5.74, 6) is 1.32. The van der Waals surface area contributed by atoms with Gasteiger partial charge in [0.2, 0.25) is 0 Å². The Labute approximate surface area is 113 Å². The average molecular weight is 263 g/mol. The topological polar surface area (TPSA) is 62.4 Å². The number of benzene rings is 1. The fraction of sp³-hybridized carbons (Fsp3) is 0.500. The smallest absolute Gasteiger partial charge is 0.319 e. The number of urea groups is 1. The molecule has 0 unspecified atom stereocenters. The van der Waals surface area contributed by atoms with Crippen LogP contribution in [-0.2, 0) is 0 Å². The summed E-state index contributed by atoms with van der Waals surface area (Å²) >= 11 is 0. The lowest BCUT2D eigenvalue weighted by atomic mass is 9.99. The van der Waals surface area contributed by atoms with Crippen LogP contribution < -0.4 is 20.7 Å². The molecule has 0 spiro atoms. The van der Waals surface area contributed by atoms with Gasteiger partial charge in [-0.3, -0.25) is 0 Å². The van der Waals surface area contributed by atoms with Crippen LogP contribution in [-0.4, -0.2) is 32.8 Å². The van der Waals surface area contributed by atoms with Gasteiger partial charge in [-0.05, 0) is 44.0 Å². The Morgan fingerprint density at radius 1 is 1.37 bits per heavy atom. The first-order chi connectivity index (χ1) is 9.29. The van der Waals surface area contributed by atoms with Crippen molar-refractivity contribution in [3.8, 4) is 5.75 Å². The highest BCUT2D eigenvalue weighted by Gasteiger charge is 2.14. The second-order valence-corrected chi connectivity index (χ2v) is 4.70. The normalized spacial score (nSPS) is 15.8. The molecule has 5 heteroatoms. The first-order valence-corrected chi connectivity index (χ1v) is 6.71. The number of hydrogen-bond acceptors (Lipinski definition) is 3. The molecule has 3 N–H and O–H groups in total. The number of anilines is 1. The van der Waals surface area contributed by atoms with E-state index in [-0.39, 0.29) is 6.03 Å². The molecule has 104 valence electrons. The zero-order chi connectivity index (χ0) is 13.5. The molecule has 1 fully saturated rings. The van der Waals surface area contributed by atoms with Gasteiger partial charge in [0.1, 0.15) is 5.75 Å². The van der Waals surface area contributed by atoms with Gasteiger partial charge in [-0.15, -0.1) is 0 Å². The number of carbonyl (C=O) groups is 1. The van der Waals surface area contributed by atoms with Gasteiger partial charge in [0.05, 0.1) is 12.3 Å². The molecule has 1 aliphatic heterocycles. The first kappa shape index (κ1) is 13.7. The summed E-state index contributed by atoms with van der Waals surface area (Å²) in [6, 6.07) is 7.27. The highest BCUT2D eigenvalue weighted by molar-refractivity contribution is 5.90. The molecule has 1 heterocycles. The summed E-state index contributed by atoms with van der Waals surface area (Å²) in [7, 11) is 1.59. The minimum Gasteiger partial charge on any atom is -0.491 e. The molecule has 1 aromatic rings. The van der Waals surface area contributed by atoms with Crippen LogP contribution in [0, 0.1) is 5.92 Å². The molecule has 19 heavy (non-hydrogen) atoms. The van der Waals surface area contributed by atoms with Crippen LogP contribution in [0.4, 0.5) is 10.5 Å². The minimum atomic E-state index is -0.238. The summed E-state index contributed by atoms with van der Waals surface area (Å²) < 4.78 is 5.85. The van der Waals surface area contributed by atoms with Crippen molar-refractivity contribution in [2.24, 2.45) is 5.92 Å². The first-order valence-electron chi connectivity index (χ1n) is 6.71. The van der Waals surface area contributed by atoms with E-state index in [1.165, 1.54) is 0 Å². The number of rotatable bonds is 4. The molecule has 0 bridgehead atoms. The maximum Gasteiger partial charge on any atom is 0.319 e. The van der Waals surface area contributed by atoms with E-state index < -0.39 is 0 Å². The molecule has 0 radical (unpaired) electrons. The maximum atomic E-state index is 11.4. The van der Waals surface area contributed by atoms with Crippen molar-refractivity contribution in [2.45, 2.75) is 12.8 Å². The lowest BCUT2D eigenvalue weighted by Gasteiger charge is -2.23. The molecule has 2 amide bonds. The minimum absolute atomic E-state index is 0.238. The number of ether oxygens (including phenoxy) is 1. The Morgan fingerprint density at radius 3 is 2.84 bits per heavy atom. The fourth-order valence-corrected chi connectivity index (χ4v) is 2.14. The van der Waals surface area contributed by atoms with E-state index in [2.05, 4.69) is 16.0 Å². The van der Waals surface area contributed by atoms with E-state index in [0.29, 0.717) is 18.2 Å². The van der Waals surface area contributed by atoms with Gasteiger partial charge in [0.25, 0.3) is 0 Å². The Kier molecular flexibility index (Phi) is 5.03. The molecule has 0 aromatic heterocycles. The van der Waals surface area contributed by atoms with Crippen LogP contribution in [0.2, 0.25) is 0 Å². The fourth-order valence-electron chi connectivity index (χ4n) is 2.14. The predicted molar refractivity (Wildman–Crippen MR) is 75.6 cm³/mol. The molecule has 1 aromatic carbocycles. The van der Waals surface area contributed by atoms with Crippen molar-refractivity contribution in [1.82, 2.24) is 10.6 Å². The maximum absolute atomic E-state index is 11.4. The van der Waals surface area contributed by atoms with Crippen molar-refractivity contribution in [2.75, 3.05) is 32.1 Å². The Hall–Kier alpha value is -1.75. The molecule has 0 atom stereocenters. The largest absolute Gasteiger partial charge is 0.491 e. The number of carbonyl (C=O) groups excluding carboxylic acids is 1. The van der Waals surface area contributed by atoms with Crippen LogP contribution >= 0.6 is 0 Å². The van der Waals surface area contributed by atoms with Crippen LogP contribution in [0.25, 0.3) is 0 Å². The summed E-state index contributed by atoms with van der Waals surface area (Å²) in [5, 5.41) is 8.63. The van der Waals surface area contributed by atoms with E-state index in [4.69, 9.17) is 4.74 Å². The highest BCUT2D eigenvalue weighted by Crippen LogP contribution is 2.25. The van der Waals surface area contributed by atoms with Crippen LogP contribution in [0.1, 0.15) is 12.8 Å². The van der Waals surface area contributed by atoms with Gasteiger partial charge >= 0.3 is 6.03 Å². The second kappa shape index (κ2) is 6.99. The summed E-state index contributed by atoms with van der Waals surface area (Å²) in [6.45, 7) is 2.83. The number of nitrogens with one attached hydrogen (secondary N) is 3. The van der Waals surface area contributed by atoms with Crippen molar-refractivity contribution < 1.29 is 9.53 Å². The van der Waals surface area contributed by atoms with Crippen molar-refractivity contribution >= 4 is 11.7 Å². The van der Waals surface area contributed by atoms with Crippen LogP contribution in [0.3, 0.4) is 0 Å². The van der Waals surface area contributed by atoms with E-state index in [1.54, 1.807) is 7.05 Å². The van der Waals surface area contributed by atoms with Gasteiger partial charge in [0.15, 0.2) is 0 Å². The summed E-state index contributed by atoms with van der Waals surface area (Å²) in [6.07, 6.45) is 2.29. The zero-order valence-electron chi connectivity index (χ0n) is 11.2. The van der Waals surface area contributed by atoms with Gasteiger partial charge in [0, 0.05) is 7.05 Å². The standard InChI is InChI=1S/C14H21N3O2/c1-15-14(18)17-12-4-2-3-5-13(12)19-10-11-6-8-16-9-7-11/h2-5,11,16H,6-10H2,1H3,(H2,15,17,18). The SMILES string of the molecule is CNC(=O)Nc1ccccc1OCC1CCNCC1. The van der Waals surface area contributed by atoms with Gasteiger partial charge in [-0.2, -0.15) is 0 Å². The molecule has 1 saturated heterocycles. The van der Waals surface area contributed by atoms with Crippen LogP contribution in [0.15, 0.2) is 24.3 Å². The monoisotopic (exact) mass is 263 g/mol. The van der Waals surface area contributed by atoms with Crippen molar-refractivity contribution in [3.05, 3.63) is 24.3 Å². The lowest BCUT2D eigenvalue weighted by Crippen LogP contribution is -2.30. The third-order valence-electron chi connectivity index (χ3n) is 3.30. The van der Waals surface area contributed by atoms with Gasteiger partial charge in [-0.1, -0.05) is 12.1 Å². The predicted octanol–water partition coefficient (Wildman–Crippen LogP) is 1.82. The second-order valence-electron chi connectivity index (χ2n) is 4.70. The Bertz CT molecular complexity index is 417. The number of para-hydroxylation sites is 2. The molecule has 2 rings (SSSR count). The van der Waals surface area contributed by atoms with Crippen LogP contribution in [0.5, 0.6) is 5.75 Å². The molecular weight excluding hydrogens is 242 g/mol. The van der Waals surface area contributed by atoms with Gasteiger partial charge < -0.3 is 20.7 Å². The highest BCUT2D eigenvalue weighted by atomic mass is 16.5. The number of piperidine rings is 1. The molecule has 0 aliphatic carbocycles. The number of hydrogen-bond donors (Lipinski definition) is 3. The lowest BCUT2D eigenvalue weighted by molar-refractivity contribution is 0.216. The van der Waals surface area contributed by atoms with Gasteiger partial charge in [-0.25, -0.2) is 4.79 Å². The molecule has 5 nitrogen and oxygen atoms in total. The average Bonchev–Trinajstić information content (AvgIpc) is 2.47. The van der Waals surface area contributed by atoms with E-state index in [1.807, 2.05) is 24.3 Å². The quantitative estimate of drug-likeness (QED) is 0.776. The molecule has 1 aliphatic rings. The summed E-state index contributed by atoms with van der Waals surface area (Å²) in [4.78, 5) is 11.4. The molecular formula is C14H21N3O2. The van der Waals surface area contributed by atoms with E-state index >= 15 is 0 Å². The zero-order valence-corrected chi connectivity index (χ0v) is 11.2. The third kappa shape index (κ3) is 4.13. The Balaban J connectivity index is 1.93. The van der Waals surface area contributed by atoms with Crippen molar-refractivity contribution in [1.29, 1.82) is 0 Å². The number of amides is 2. The van der Waals surface area contributed by atoms with E-state index in [9.17, 15) is 4.79 Å². The van der Waals surface area contributed by atoms with E-state index in [0.717, 1.165) is 31.7 Å².